The van der Waals surface area contributed by atoms with Gasteiger partial charge in [-0.2, -0.15) is 0 Å². The van der Waals surface area contributed by atoms with Crippen molar-refractivity contribution in [2.24, 2.45) is 0 Å². The van der Waals surface area contributed by atoms with E-state index in [2.05, 4.69) is 27.3 Å². The van der Waals surface area contributed by atoms with Gasteiger partial charge < -0.3 is 14.9 Å². The van der Waals surface area contributed by atoms with Gasteiger partial charge in [-0.15, -0.1) is 11.3 Å². The Morgan fingerprint density at radius 1 is 1.22 bits per heavy atom. The molecule has 1 aliphatic rings. The molecule has 0 aliphatic carbocycles. The van der Waals surface area contributed by atoms with Crippen LogP contribution >= 0.6 is 11.3 Å². The summed E-state index contributed by atoms with van der Waals surface area (Å²) in [5, 5.41) is 10.8. The summed E-state index contributed by atoms with van der Waals surface area (Å²) in [6.45, 7) is 5.92. The zero-order valence-electron chi connectivity index (χ0n) is 10.5. The van der Waals surface area contributed by atoms with Crippen molar-refractivity contribution in [2.75, 3.05) is 39.3 Å². The maximum atomic E-state index is 10.5. The summed E-state index contributed by atoms with van der Waals surface area (Å²) >= 11 is 1.82. The van der Waals surface area contributed by atoms with Gasteiger partial charge in [0.2, 0.25) is 0 Å². The average Bonchev–Trinajstić information content (AvgIpc) is 2.88. The molecule has 100 valence electrons. The van der Waals surface area contributed by atoms with E-state index in [1.165, 1.54) is 4.88 Å². The van der Waals surface area contributed by atoms with Crippen molar-refractivity contribution in [3.8, 4) is 0 Å². The first-order chi connectivity index (χ1) is 8.74. The molecule has 0 unspecified atom stereocenters. The number of aliphatic carboxylic acids is 1. The molecule has 4 nitrogen and oxygen atoms in total. The molecule has 1 aromatic heterocycles. The molecule has 1 aliphatic heterocycles. The van der Waals surface area contributed by atoms with Crippen molar-refractivity contribution < 1.29 is 9.90 Å². The molecule has 2 heterocycles. The maximum Gasteiger partial charge on any atom is 0.304 e. The van der Waals surface area contributed by atoms with Gasteiger partial charge in [-0.05, 0) is 17.9 Å². The Hall–Kier alpha value is -0.910. The molecular formula is C13H20N2O2S. The van der Waals surface area contributed by atoms with Gasteiger partial charge >= 0.3 is 5.97 Å². The van der Waals surface area contributed by atoms with E-state index < -0.39 is 5.97 Å². The highest BCUT2D eigenvalue weighted by molar-refractivity contribution is 7.09. The van der Waals surface area contributed by atoms with Crippen LogP contribution in [0.15, 0.2) is 17.5 Å². The lowest BCUT2D eigenvalue weighted by Crippen LogP contribution is -2.47. The highest BCUT2D eigenvalue weighted by Crippen LogP contribution is 2.11. The lowest BCUT2D eigenvalue weighted by atomic mass is 10.2. The van der Waals surface area contributed by atoms with Gasteiger partial charge in [0.05, 0.1) is 6.42 Å². The minimum Gasteiger partial charge on any atom is -0.481 e. The molecule has 1 fully saturated rings. The third kappa shape index (κ3) is 4.40. The number of rotatable bonds is 6. The van der Waals surface area contributed by atoms with Crippen molar-refractivity contribution in [1.29, 1.82) is 0 Å². The Balaban J connectivity index is 1.62. The number of hydrogen-bond donors (Lipinski definition) is 1. The summed E-state index contributed by atoms with van der Waals surface area (Å²) in [7, 11) is 0. The van der Waals surface area contributed by atoms with Gasteiger partial charge in [-0.1, -0.05) is 6.07 Å². The molecule has 0 amide bonds. The number of carboxylic acid groups (broad SMARTS) is 1. The van der Waals surface area contributed by atoms with E-state index in [0.29, 0.717) is 6.54 Å². The molecule has 0 aromatic carbocycles. The molecule has 0 atom stereocenters. The molecule has 1 saturated heterocycles. The van der Waals surface area contributed by atoms with E-state index in [1.54, 1.807) is 0 Å². The molecule has 0 saturated carbocycles. The van der Waals surface area contributed by atoms with Crippen LogP contribution in [0, 0.1) is 0 Å². The lowest BCUT2D eigenvalue weighted by molar-refractivity contribution is -0.137. The second kappa shape index (κ2) is 6.87. The minimum absolute atomic E-state index is 0.259. The Labute approximate surface area is 112 Å². The van der Waals surface area contributed by atoms with Gasteiger partial charge in [0.15, 0.2) is 0 Å². The van der Waals surface area contributed by atoms with Gasteiger partial charge in [0, 0.05) is 44.1 Å². The number of carboxylic acids is 1. The Kier molecular flexibility index (Phi) is 5.16. The SMILES string of the molecule is O=C(O)CCN1CCN(CCc2cccs2)CC1. The van der Waals surface area contributed by atoms with Crippen LogP contribution < -0.4 is 0 Å². The van der Waals surface area contributed by atoms with Gasteiger partial charge in [0.25, 0.3) is 0 Å². The molecular weight excluding hydrogens is 248 g/mol. The number of hydrogen-bond acceptors (Lipinski definition) is 4. The Bertz CT molecular complexity index is 359. The summed E-state index contributed by atoms with van der Waals surface area (Å²) in [4.78, 5) is 16.7. The first kappa shape index (κ1) is 13.5. The van der Waals surface area contributed by atoms with Crippen LogP contribution in [0.1, 0.15) is 11.3 Å². The predicted molar refractivity (Wildman–Crippen MR) is 73.2 cm³/mol. The van der Waals surface area contributed by atoms with Crippen molar-refractivity contribution in [1.82, 2.24) is 9.80 Å². The Morgan fingerprint density at radius 3 is 2.44 bits per heavy atom. The molecule has 0 spiro atoms. The zero-order valence-corrected chi connectivity index (χ0v) is 11.4. The summed E-state index contributed by atoms with van der Waals surface area (Å²) in [6, 6.07) is 4.29. The van der Waals surface area contributed by atoms with E-state index in [1.807, 2.05) is 11.3 Å². The van der Waals surface area contributed by atoms with Crippen LogP contribution in [-0.4, -0.2) is 60.1 Å². The molecule has 2 rings (SSSR count). The van der Waals surface area contributed by atoms with E-state index in [0.717, 1.165) is 39.1 Å². The maximum absolute atomic E-state index is 10.5. The third-order valence-electron chi connectivity index (χ3n) is 3.36. The van der Waals surface area contributed by atoms with E-state index in [9.17, 15) is 4.79 Å². The summed E-state index contributed by atoms with van der Waals surface area (Å²) in [5.74, 6) is -0.699. The minimum atomic E-state index is -0.699. The lowest BCUT2D eigenvalue weighted by Gasteiger charge is -2.34. The van der Waals surface area contributed by atoms with Crippen LogP contribution in [0.5, 0.6) is 0 Å². The molecule has 18 heavy (non-hydrogen) atoms. The second-order valence-electron chi connectivity index (χ2n) is 4.66. The van der Waals surface area contributed by atoms with E-state index >= 15 is 0 Å². The fourth-order valence-corrected chi connectivity index (χ4v) is 2.91. The summed E-state index contributed by atoms with van der Waals surface area (Å²) < 4.78 is 0. The summed E-state index contributed by atoms with van der Waals surface area (Å²) in [5.41, 5.74) is 0. The first-order valence-electron chi connectivity index (χ1n) is 6.43. The number of nitrogens with zero attached hydrogens (tertiary/aromatic N) is 2. The van der Waals surface area contributed by atoms with Crippen LogP contribution in [-0.2, 0) is 11.2 Å². The number of thiophene rings is 1. The van der Waals surface area contributed by atoms with Crippen molar-refractivity contribution in [3.63, 3.8) is 0 Å². The fourth-order valence-electron chi connectivity index (χ4n) is 2.21. The quantitative estimate of drug-likeness (QED) is 0.846. The number of piperazine rings is 1. The molecule has 0 radical (unpaired) electrons. The van der Waals surface area contributed by atoms with Crippen molar-refractivity contribution in [2.45, 2.75) is 12.8 Å². The standard InChI is InChI=1S/C13H20N2O2S/c16-13(17)4-6-15-9-7-14(8-10-15)5-3-12-2-1-11-18-12/h1-2,11H,3-10H2,(H,16,17). The predicted octanol–water partition coefficient (Wildman–Crippen LogP) is 1.38. The van der Waals surface area contributed by atoms with Crippen molar-refractivity contribution >= 4 is 17.3 Å². The first-order valence-corrected chi connectivity index (χ1v) is 7.31. The molecule has 1 N–H and O–H groups in total. The highest BCUT2D eigenvalue weighted by Gasteiger charge is 2.16. The largest absolute Gasteiger partial charge is 0.481 e. The normalized spacial score (nSPS) is 18.0. The van der Waals surface area contributed by atoms with Gasteiger partial charge in [0.1, 0.15) is 0 Å². The topological polar surface area (TPSA) is 43.8 Å². The van der Waals surface area contributed by atoms with Gasteiger partial charge in [-0.3, -0.25) is 4.79 Å². The molecule has 0 bridgehead atoms. The summed E-state index contributed by atoms with van der Waals surface area (Å²) in [6.07, 6.45) is 1.39. The van der Waals surface area contributed by atoms with Crippen LogP contribution in [0.25, 0.3) is 0 Å². The van der Waals surface area contributed by atoms with Crippen LogP contribution in [0.3, 0.4) is 0 Å². The zero-order chi connectivity index (χ0) is 12.8. The highest BCUT2D eigenvalue weighted by atomic mass is 32.1. The second-order valence-corrected chi connectivity index (χ2v) is 5.69. The van der Waals surface area contributed by atoms with Crippen molar-refractivity contribution in [3.05, 3.63) is 22.4 Å². The third-order valence-corrected chi connectivity index (χ3v) is 4.30. The average molecular weight is 268 g/mol. The van der Waals surface area contributed by atoms with Crippen LogP contribution in [0.4, 0.5) is 0 Å². The van der Waals surface area contributed by atoms with Crippen LogP contribution in [0.2, 0.25) is 0 Å². The smallest absolute Gasteiger partial charge is 0.304 e. The number of carbonyl (C=O) groups is 1. The van der Waals surface area contributed by atoms with Gasteiger partial charge in [-0.25, -0.2) is 0 Å². The van der Waals surface area contributed by atoms with E-state index in [4.69, 9.17) is 5.11 Å². The fraction of sp³-hybridized carbons (Fsp3) is 0.615. The monoisotopic (exact) mass is 268 g/mol. The molecule has 1 aromatic rings. The van der Waals surface area contributed by atoms with E-state index in [-0.39, 0.29) is 6.42 Å². The molecule has 5 heteroatoms. The Morgan fingerprint density at radius 2 is 1.89 bits per heavy atom.